The van der Waals surface area contributed by atoms with Crippen molar-refractivity contribution in [1.82, 2.24) is 0 Å². The predicted octanol–water partition coefficient (Wildman–Crippen LogP) is 7.02. The zero-order valence-electron chi connectivity index (χ0n) is 19.1. The molecule has 0 aliphatic rings. The van der Waals surface area contributed by atoms with Crippen LogP contribution in [-0.4, -0.2) is 40.0 Å². The smallest absolute Gasteiger partial charge is 0.176 e. The Morgan fingerprint density at radius 1 is 0.643 bits per heavy atom. The number of rotatable bonds is 23. The average Bonchev–Trinajstić information content (AvgIpc) is 2.71. The van der Waals surface area contributed by atoms with Gasteiger partial charge in [-0.3, -0.25) is 0 Å². The van der Waals surface area contributed by atoms with E-state index in [0.29, 0.717) is 13.4 Å². The molecule has 0 aromatic rings. The first-order valence-electron chi connectivity index (χ1n) is 11.8. The summed E-state index contributed by atoms with van der Waals surface area (Å²) in [4.78, 5) is 0. The zero-order chi connectivity index (χ0) is 20.5. The van der Waals surface area contributed by atoms with Crippen molar-refractivity contribution in [3.8, 4) is 0 Å². The van der Waals surface area contributed by atoms with Crippen LogP contribution in [0, 0.1) is 0 Å². The molecule has 168 valence electrons. The zero-order valence-corrected chi connectivity index (χ0v) is 19.1. The lowest BCUT2D eigenvalue weighted by Crippen LogP contribution is -2.16. The van der Waals surface area contributed by atoms with E-state index in [4.69, 9.17) is 18.9 Å². The third-order valence-electron chi connectivity index (χ3n) is 4.77. The largest absolute Gasteiger partial charge is 0.359 e. The van der Waals surface area contributed by atoms with Gasteiger partial charge in [-0.15, -0.1) is 0 Å². The highest BCUT2D eigenvalue weighted by molar-refractivity contribution is 4.85. The number of methoxy groups -OCH3 is 1. The van der Waals surface area contributed by atoms with Crippen molar-refractivity contribution in [2.45, 2.75) is 110 Å². The van der Waals surface area contributed by atoms with E-state index in [9.17, 15) is 0 Å². The lowest BCUT2D eigenvalue weighted by atomic mass is 10.1. The monoisotopic (exact) mass is 400 g/mol. The van der Waals surface area contributed by atoms with Gasteiger partial charge >= 0.3 is 0 Å². The molecule has 0 spiro atoms. The Morgan fingerprint density at radius 3 is 1.57 bits per heavy atom. The predicted molar refractivity (Wildman–Crippen MR) is 119 cm³/mol. The Balaban J connectivity index is 3.85. The van der Waals surface area contributed by atoms with Gasteiger partial charge in [0, 0.05) is 7.11 Å². The average molecular weight is 401 g/mol. The summed E-state index contributed by atoms with van der Waals surface area (Å²) in [7, 11) is 1.63. The number of unbranched alkanes of at least 4 members (excludes halogenated alkanes) is 12. The summed E-state index contributed by atoms with van der Waals surface area (Å²) < 4.78 is 22.1. The second-order valence-electron chi connectivity index (χ2n) is 7.56. The second kappa shape index (κ2) is 24.6. The topological polar surface area (TPSA) is 36.9 Å². The number of hydrogen-bond donors (Lipinski definition) is 0. The molecular formula is C24H48O4. The van der Waals surface area contributed by atoms with E-state index in [0.717, 1.165) is 26.1 Å². The van der Waals surface area contributed by atoms with Crippen molar-refractivity contribution in [1.29, 1.82) is 0 Å². The molecule has 0 atom stereocenters. The summed E-state index contributed by atoms with van der Waals surface area (Å²) >= 11 is 0. The van der Waals surface area contributed by atoms with Crippen LogP contribution in [0.4, 0.5) is 0 Å². The van der Waals surface area contributed by atoms with Crippen molar-refractivity contribution in [3.05, 3.63) is 12.2 Å². The van der Waals surface area contributed by atoms with Gasteiger partial charge in [-0.2, -0.15) is 0 Å². The van der Waals surface area contributed by atoms with E-state index in [2.05, 4.69) is 13.8 Å². The van der Waals surface area contributed by atoms with Crippen LogP contribution >= 0.6 is 0 Å². The molecule has 0 radical (unpaired) electrons. The quantitative estimate of drug-likeness (QED) is 0.105. The maximum Gasteiger partial charge on any atom is 0.176 e. The molecule has 0 aliphatic carbocycles. The van der Waals surface area contributed by atoms with Crippen molar-refractivity contribution in [2.75, 3.05) is 33.7 Å². The van der Waals surface area contributed by atoms with Crippen molar-refractivity contribution in [2.24, 2.45) is 0 Å². The maximum atomic E-state index is 5.94. The Morgan fingerprint density at radius 2 is 1.11 bits per heavy atom. The Bertz CT molecular complexity index is 287. The second-order valence-corrected chi connectivity index (χ2v) is 7.56. The van der Waals surface area contributed by atoms with Gasteiger partial charge in [0.25, 0.3) is 0 Å². The van der Waals surface area contributed by atoms with Crippen LogP contribution in [0.5, 0.6) is 0 Å². The fraction of sp³-hybridized carbons (Fsp3) is 0.917. The van der Waals surface area contributed by atoms with Crippen LogP contribution in [0.15, 0.2) is 12.2 Å². The van der Waals surface area contributed by atoms with E-state index in [1.54, 1.807) is 7.11 Å². The third kappa shape index (κ3) is 21.9. The normalized spacial score (nSPS) is 11.9. The standard InChI is InChI=1S/C24H48O4/c1-4-6-8-10-12-14-16-21-27-24(19-18-20-26-23-25-3)28-22-17-15-13-11-9-7-5-2/h18-19,24H,4-17,20-23H2,1-3H3. The van der Waals surface area contributed by atoms with Crippen LogP contribution in [0.1, 0.15) is 104 Å². The van der Waals surface area contributed by atoms with Gasteiger partial charge in [0.05, 0.1) is 19.8 Å². The molecule has 0 bridgehead atoms. The molecule has 0 fully saturated rings. The molecular weight excluding hydrogens is 352 g/mol. The van der Waals surface area contributed by atoms with Crippen molar-refractivity contribution in [3.63, 3.8) is 0 Å². The van der Waals surface area contributed by atoms with Crippen molar-refractivity contribution < 1.29 is 18.9 Å². The molecule has 0 aliphatic heterocycles. The first-order valence-corrected chi connectivity index (χ1v) is 11.8. The van der Waals surface area contributed by atoms with Crippen LogP contribution in [0.3, 0.4) is 0 Å². The Kier molecular flexibility index (Phi) is 24.2. The van der Waals surface area contributed by atoms with E-state index in [1.165, 1.54) is 77.0 Å². The Hall–Kier alpha value is -0.420. The van der Waals surface area contributed by atoms with E-state index in [1.807, 2.05) is 12.2 Å². The molecule has 0 saturated carbocycles. The maximum absolute atomic E-state index is 5.94. The van der Waals surface area contributed by atoms with Gasteiger partial charge < -0.3 is 18.9 Å². The molecule has 4 heteroatoms. The molecule has 0 rings (SSSR count). The highest BCUT2D eigenvalue weighted by Crippen LogP contribution is 2.10. The summed E-state index contributed by atoms with van der Waals surface area (Å²) in [6.45, 7) is 6.87. The molecule has 0 saturated heterocycles. The molecule has 0 unspecified atom stereocenters. The van der Waals surface area contributed by atoms with Crippen LogP contribution in [-0.2, 0) is 18.9 Å². The lowest BCUT2D eigenvalue weighted by Gasteiger charge is -2.15. The summed E-state index contributed by atoms with van der Waals surface area (Å²) in [5, 5.41) is 0. The molecule has 0 aromatic heterocycles. The fourth-order valence-electron chi connectivity index (χ4n) is 3.04. The molecule has 28 heavy (non-hydrogen) atoms. The first kappa shape index (κ1) is 27.6. The minimum atomic E-state index is -0.258. The molecule has 4 nitrogen and oxygen atoms in total. The summed E-state index contributed by atoms with van der Waals surface area (Å²) in [5.74, 6) is 0. The molecule has 0 heterocycles. The summed E-state index contributed by atoms with van der Waals surface area (Å²) in [5.41, 5.74) is 0. The summed E-state index contributed by atoms with van der Waals surface area (Å²) in [6.07, 6.45) is 21.8. The van der Waals surface area contributed by atoms with E-state index >= 15 is 0 Å². The van der Waals surface area contributed by atoms with Crippen LogP contribution in [0.25, 0.3) is 0 Å². The number of hydrogen-bond acceptors (Lipinski definition) is 4. The highest BCUT2D eigenvalue weighted by Gasteiger charge is 2.05. The molecule has 0 N–H and O–H groups in total. The van der Waals surface area contributed by atoms with Gasteiger partial charge in [0.15, 0.2) is 6.29 Å². The van der Waals surface area contributed by atoms with Gasteiger partial charge in [0.1, 0.15) is 6.79 Å². The van der Waals surface area contributed by atoms with E-state index < -0.39 is 0 Å². The van der Waals surface area contributed by atoms with Crippen LogP contribution in [0.2, 0.25) is 0 Å². The Labute approximate surface area is 175 Å². The minimum absolute atomic E-state index is 0.258. The summed E-state index contributed by atoms with van der Waals surface area (Å²) in [6, 6.07) is 0. The van der Waals surface area contributed by atoms with Gasteiger partial charge in [-0.1, -0.05) is 97.0 Å². The first-order chi connectivity index (χ1) is 13.8. The van der Waals surface area contributed by atoms with Gasteiger partial charge in [-0.05, 0) is 18.9 Å². The SMILES string of the molecule is CCCCCCCCCOC(C=CCOCOC)OCCCCCCCCC. The van der Waals surface area contributed by atoms with Gasteiger partial charge in [0.2, 0.25) is 0 Å². The van der Waals surface area contributed by atoms with E-state index in [-0.39, 0.29) is 6.29 Å². The third-order valence-corrected chi connectivity index (χ3v) is 4.77. The minimum Gasteiger partial charge on any atom is -0.359 e. The van der Waals surface area contributed by atoms with Crippen molar-refractivity contribution >= 4 is 0 Å². The highest BCUT2D eigenvalue weighted by atomic mass is 16.7. The molecule has 0 amide bonds. The molecule has 0 aromatic carbocycles. The lowest BCUT2D eigenvalue weighted by molar-refractivity contribution is -0.113. The fourth-order valence-corrected chi connectivity index (χ4v) is 3.04. The van der Waals surface area contributed by atoms with Gasteiger partial charge in [-0.25, -0.2) is 0 Å². The van der Waals surface area contributed by atoms with Crippen LogP contribution < -0.4 is 0 Å². The number of ether oxygens (including phenoxy) is 4.